The van der Waals surface area contributed by atoms with Crippen LogP contribution < -0.4 is 0 Å². The fourth-order valence-corrected chi connectivity index (χ4v) is 4.75. The summed E-state index contributed by atoms with van der Waals surface area (Å²) >= 11 is 0. The monoisotopic (exact) mass is 433 g/mol. The highest BCUT2D eigenvalue weighted by Crippen LogP contribution is 2.36. The number of aromatic nitrogens is 1. The van der Waals surface area contributed by atoms with Crippen LogP contribution in [0.1, 0.15) is 32.3 Å². The first-order valence-electron chi connectivity index (χ1n) is 8.06. The number of ketones is 2. The maximum absolute atomic E-state index is 12.7. The van der Waals surface area contributed by atoms with E-state index in [1.165, 1.54) is 18.2 Å². The number of pyridine rings is 1. The molecule has 0 bridgehead atoms. The lowest BCUT2D eigenvalue weighted by atomic mass is 9.98. The maximum Gasteiger partial charge on any atom is 0.296 e. The highest BCUT2D eigenvalue weighted by Gasteiger charge is 2.41. The molecular formula is C18H11NO8S2. The maximum atomic E-state index is 12.7. The van der Waals surface area contributed by atoms with E-state index >= 15 is 0 Å². The lowest BCUT2D eigenvalue weighted by Crippen LogP contribution is -2.16. The minimum absolute atomic E-state index is 0.126. The van der Waals surface area contributed by atoms with E-state index in [9.17, 15) is 35.5 Å². The normalized spacial score (nSPS) is 15.1. The predicted molar refractivity (Wildman–Crippen MR) is 99.2 cm³/mol. The number of nitrogens with zero attached hydrogens (tertiary/aromatic N) is 1. The molecule has 0 fully saturated rings. The zero-order valence-corrected chi connectivity index (χ0v) is 15.9. The largest absolute Gasteiger partial charge is 0.296 e. The molecule has 1 aliphatic carbocycles. The van der Waals surface area contributed by atoms with Crippen LogP contribution in [0.15, 0.2) is 58.3 Å². The SMILES string of the molecule is O=C1c2ccccc2C(=O)C1c1cc(S(=O)(=O)O)c2cccc(S(=O)(=O)O)c2n1. The Morgan fingerprint density at radius 2 is 1.31 bits per heavy atom. The second kappa shape index (κ2) is 6.26. The molecule has 2 aromatic carbocycles. The summed E-state index contributed by atoms with van der Waals surface area (Å²) in [7, 11) is -9.71. The van der Waals surface area contributed by atoms with Crippen LogP contribution in [0.2, 0.25) is 0 Å². The number of para-hydroxylation sites is 1. The molecule has 0 spiro atoms. The molecule has 1 heterocycles. The number of fused-ring (bicyclic) bond motifs is 2. The number of carbonyl (C=O) groups is 2. The molecule has 148 valence electrons. The van der Waals surface area contributed by atoms with Gasteiger partial charge in [-0.3, -0.25) is 23.7 Å². The molecule has 0 amide bonds. The van der Waals surface area contributed by atoms with Crippen molar-refractivity contribution in [3.8, 4) is 0 Å². The lowest BCUT2D eigenvalue weighted by Gasteiger charge is -2.12. The molecule has 0 saturated carbocycles. The van der Waals surface area contributed by atoms with Crippen LogP contribution in [-0.4, -0.2) is 42.5 Å². The van der Waals surface area contributed by atoms with E-state index in [2.05, 4.69) is 4.98 Å². The van der Waals surface area contributed by atoms with Gasteiger partial charge in [0.2, 0.25) is 0 Å². The summed E-state index contributed by atoms with van der Waals surface area (Å²) in [5.41, 5.74) is -0.592. The molecule has 3 aromatic rings. The first-order chi connectivity index (χ1) is 13.5. The Balaban J connectivity index is 2.08. The van der Waals surface area contributed by atoms with Crippen molar-refractivity contribution >= 4 is 42.7 Å². The smallest absolute Gasteiger partial charge is 0.293 e. The van der Waals surface area contributed by atoms with Crippen molar-refractivity contribution in [3.05, 3.63) is 65.4 Å². The minimum Gasteiger partial charge on any atom is -0.293 e. The molecule has 1 aliphatic rings. The molecule has 29 heavy (non-hydrogen) atoms. The van der Waals surface area contributed by atoms with Gasteiger partial charge in [-0.15, -0.1) is 0 Å². The van der Waals surface area contributed by atoms with Crippen molar-refractivity contribution in [2.45, 2.75) is 15.7 Å². The Hall–Kier alpha value is -2.99. The van der Waals surface area contributed by atoms with Gasteiger partial charge in [-0.05, 0) is 12.1 Å². The van der Waals surface area contributed by atoms with E-state index in [1.54, 1.807) is 12.1 Å². The molecule has 11 heteroatoms. The number of Topliss-reactive ketones (excluding diaryl/α,β-unsaturated/α-hetero) is 2. The van der Waals surface area contributed by atoms with Gasteiger partial charge in [0.05, 0.1) is 11.2 Å². The van der Waals surface area contributed by atoms with Crippen LogP contribution in [0, 0.1) is 0 Å². The topological polar surface area (TPSA) is 156 Å². The Bertz CT molecular complexity index is 1410. The molecule has 9 nitrogen and oxygen atoms in total. The van der Waals surface area contributed by atoms with Gasteiger partial charge in [-0.1, -0.05) is 36.4 Å². The first kappa shape index (κ1) is 19.3. The van der Waals surface area contributed by atoms with Crippen LogP contribution in [0.25, 0.3) is 10.9 Å². The lowest BCUT2D eigenvalue weighted by molar-refractivity contribution is 0.0888. The van der Waals surface area contributed by atoms with Gasteiger partial charge >= 0.3 is 0 Å². The minimum atomic E-state index is -4.89. The van der Waals surface area contributed by atoms with Crippen molar-refractivity contribution in [1.29, 1.82) is 0 Å². The number of benzene rings is 2. The number of carbonyl (C=O) groups excluding carboxylic acids is 2. The number of rotatable bonds is 3. The molecule has 0 aliphatic heterocycles. The van der Waals surface area contributed by atoms with Gasteiger partial charge < -0.3 is 0 Å². The van der Waals surface area contributed by atoms with E-state index in [1.807, 2.05) is 0 Å². The van der Waals surface area contributed by atoms with Crippen LogP contribution >= 0.6 is 0 Å². The van der Waals surface area contributed by atoms with Gasteiger partial charge in [0.25, 0.3) is 20.2 Å². The Morgan fingerprint density at radius 1 is 0.759 bits per heavy atom. The van der Waals surface area contributed by atoms with E-state index in [4.69, 9.17) is 0 Å². The van der Waals surface area contributed by atoms with Gasteiger partial charge in [0.1, 0.15) is 15.7 Å². The summed E-state index contributed by atoms with van der Waals surface area (Å²) in [6.45, 7) is 0. The fourth-order valence-electron chi connectivity index (χ4n) is 3.39. The van der Waals surface area contributed by atoms with Crippen LogP contribution in [0.5, 0.6) is 0 Å². The molecular weight excluding hydrogens is 422 g/mol. The third kappa shape index (κ3) is 3.04. The fraction of sp³-hybridized carbons (Fsp3) is 0.0556. The summed E-state index contributed by atoms with van der Waals surface area (Å²) < 4.78 is 66.3. The van der Waals surface area contributed by atoms with Crippen molar-refractivity contribution < 1.29 is 35.5 Å². The summed E-state index contributed by atoms with van der Waals surface area (Å²) in [5, 5.41) is -0.290. The Kier molecular flexibility index (Phi) is 4.17. The molecule has 1 aromatic heterocycles. The molecule has 2 N–H and O–H groups in total. The van der Waals surface area contributed by atoms with Gasteiger partial charge in [0.15, 0.2) is 11.6 Å². The molecule has 0 atom stereocenters. The highest BCUT2D eigenvalue weighted by molar-refractivity contribution is 7.86. The van der Waals surface area contributed by atoms with Crippen molar-refractivity contribution in [2.24, 2.45) is 0 Å². The van der Waals surface area contributed by atoms with E-state index in [0.29, 0.717) is 0 Å². The van der Waals surface area contributed by atoms with Crippen LogP contribution in [0.3, 0.4) is 0 Å². The summed E-state index contributed by atoms with van der Waals surface area (Å²) in [6, 6.07) is 10.2. The zero-order valence-electron chi connectivity index (χ0n) is 14.3. The van der Waals surface area contributed by atoms with Gasteiger partial charge in [0, 0.05) is 16.5 Å². The highest BCUT2D eigenvalue weighted by atomic mass is 32.2. The van der Waals surface area contributed by atoms with Crippen LogP contribution in [-0.2, 0) is 20.2 Å². The van der Waals surface area contributed by atoms with E-state index < -0.39 is 53.0 Å². The molecule has 0 saturated heterocycles. The number of hydrogen-bond donors (Lipinski definition) is 2. The average Bonchev–Trinajstić information content (AvgIpc) is 2.90. The Labute approximate surface area is 164 Å². The molecule has 0 unspecified atom stereocenters. The molecule has 4 rings (SSSR count). The van der Waals surface area contributed by atoms with Gasteiger partial charge in [-0.2, -0.15) is 16.8 Å². The van der Waals surface area contributed by atoms with Crippen molar-refractivity contribution in [1.82, 2.24) is 4.98 Å². The summed E-state index contributed by atoms with van der Waals surface area (Å²) in [6.07, 6.45) is 0. The summed E-state index contributed by atoms with van der Waals surface area (Å²) in [5.74, 6) is -2.78. The third-order valence-corrected chi connectivity index (χ3v) is 6.40. The quantitative estimate of drug-likeness (QED) is 0.465. The molecule has 0 radical (unpaired) electrons. The predicted octanol–water partition coefficient (Wildman–Crippen LogP) is 1.89. The van der Waals surface area contributed by atoms with Crippen LogP contribution in [0.4, 0.5) is 0 Å². The van der Waals surface area contributed by atoms with E-state index in [0.717, 1.165) is 18.2 Å². The second-order valence-electron chi connectivity index (χ2n) is 6.35. The first-order valence-corrected chi connectivity index (χ1v) is 10.9. The van der Waals surface area contributed by atoms with E-state index in [-0.39, 0.29) is 22.2 Å². The number of hydrogen-bond acceptors (Lipinski definition) is 7. The standard InChI is InChI=1S/C18H11NO8S2/c20-17-9-4-1-2-5-10(9)18(21)15(17)12-8-14(29(25,26)27)11-6-3-7-13(16(11)19-12)28(22,23)24/h1-8,15H,(H,22,23,24)(H,25,26,27). The van der Waals surface area contributed by atoms with Gasteiger partial charge in [-0.25, -0.2) is 0 Å². The van der Waals surface area contributed by atoms with Crippen molar-refractivity contribution in [2.75, 3.05) is 0 Å². The zero-order chi connectivity index (χ0) is 21.1. The summed E-state index contributed by atoms with van der Waals surface area (Å²) in [4.78, 5) is 28.1. The van der Waals surface area contributed by atoms with Crippen molar-refractivity contribution in [3.63, 3.8) is 0 Å². The second-order valence-corrected chi connectivity index (χ2v) is 9.13. The average molecular weight is 433 g/mol. The third-order valence-electron chi connectivity index (χ3n) is 4.62. The Morgan fingerprint density at radius 3 is 1.83 bits per heavy atom.